The third-order valence-electron chi connectivity index (χ3n) is 2.43. The maximum absolute atomic E-state index is 11.4. The number of hydrogen-bond donors (Lipinski definition) is 3. The maximum Gasteiger partial charge on any atom is 0.309 e. The highest BCUT2D eigenvalue weighted by molar-refractivity contribution is 7.07. The van der Waals surface area contributed by atoms with Gasteiger partial charge in [0.05, 0.1) is 12.7 Å². The third kappa shape index (κ3) is 5.82. The van der Waals surface area contributed by atoms with Crippen molar-refractivity contribution < 1.29 is 19.4 Å². The lowest BCUT2D eigenvalue weighted by atomic mass is 10.1. The molecule has 0 bridgehead atoms. The fraction of sp³-hybridized carbons (Fsp3) is 0.500. The number of rotatable bonds is 7. The van der Waals surface area contributed by atoms with Crippen LogP contribution in [0, 0.1) is 0 Å². The Bertz CT molecular complexity index is 394. The van der Waals surface area contributed by atoms with Crippen molar-refractivity contribution >= 4 is 23.2 Å². The first-order valence-corrected chi connectivity index (χ1v) is 6.84. The summed E-state index contributed by atoms with van der Waals surface area (Å²) in [7, 11) is 1.51. The number of thiophene rings is 1. The molecule has 0 spiro atoms. The van der Waals surface area contributed by atoms with Crippen molar-refractivity contribution in [2.75, 3.05) is 26.8 Å². The molecule has 1 unspecified atom stereocenters. The van der Waals surface area contributed by atoms with Crippen molar-refractivity contribution in [2.24, 2.45) is 0 Å². The molecule has 1 aromatic heterocycles. The number of methoxy groups -OCH3 is 1. The Morgan fingerprint density at radius 1 is 1.37 bits per heavy atom. The van der Waals surface area contributed by atoms with Gasteiger partial charge in [0.2, 0.25) is 0 Å². The van der Waals surface area contributed by atoms with Crippen LogP contribution in [0.3, 0.4) is 0 Å². The number of amides is 2. The zero-order valence-corrected chi connectivity index (χ0v) is 11.5. The fourth-order valence-corrected chi connectivity index (χ4v) is 2.09. The Kier molecular flexibility index (Phi) is 7.09. The molecule has 0 fully saturated rings. The van der Waals surface area contributed by atoms with Gasteiger partial charge in [0.1, 0.15) is 0 Å². The molecule has 0 radical (unpaired) electrons. The number of hydrogen-bond acceptors (Lipinski definition) is 5. The number of carbonyl (C=O) groups is 2. The topological polar surface area (TPSA) is 87.7 Å². The van der Waals surface area contributed by atoms with Gasteiger partial charge in [-0.2, -0.15) is 11.3 Å². The molecule has 0 aromatic carbocycles. The molecule has 6 nitrogen and oxygen atoms in total. The van der Waals surface area contributed by atoms with Crippen molar-refractivity contribution in [1.82, 2.24) is 10.6 Å². The van der Waals surface area contributed by atoms with Crippen LogP contribution >= 0.6 is 11.3 Å². The minimum absolute atomic E-state index is 0.244. The van der Waals surface area contributed by atoms with E-state index >= 15 is 0 Å². The lowest BCUT2D eigenvalue weighted by molar-refractivity contribution is -0.139. The van der Waals surface area contributed by atoms with Crippen LogP contribution < -0.4 is 10.6 Å². The van der Waals surface area contributed by atoms with Gasteiger partial charge in [-0.25, -0.2) is 0 Å². The quantitative estimate of drug-likeness (QED) is 0.488. The van der Waals surface area contributed by atoms with Gasteiger partial charge in [-0.05, 0) is 28.8 Å². The Balaban J connectivity index is 2.18. The van der Waals surface area contributed by atoms with Crippen LogP contribution in [0.5, 0.6) is 0 Å². The van der Waals surface area contributed by atoms with Gasteiger partial charge in [-0.15, -0.1) is 0 Å². The van der Waals surface area contributed by atoms with E-state index < -0.39 is 17.9 Å². The largest absolute Gasteiger partial charge is 0.388 e. The molecule has 7 heteroatoms. The lowest BCUT2D eigenvalue weighted by Crippen LogP contribution is -2.41. The zero-order valence-electron chi connectivity index (χ0n) is 10.7. The summed E-state index contributed by atoms with van der Waals surface area (Å²) in [6.45, 7) is 0.893. The molecule has 3 N–H and O–H groups in total. The number of ether oxygens (including phenoxy) is 1. The standard InChI is InChI=1S/C12H18N2O4S/c1-18-6-5-14-12(17)11(16)13-4-2-10(15)9-3-7-19-8-9/h3,7-8,10,15H,2,4-6H2,1H3,(H,13,16)(H,14,17). The predicted molar refractivity (Wildman–Crippen MR) is 71.8 cm³/mol. The van der Waals surface area contributed by atoms with E-state index in [2.05, 4.69) is 10.6 Å². The first-order valence-electron chi connectivity index (χ1n) is 5.90. The molecule has 0 aliphatic heterocycles. The highest BCUT2D eigenvalue weighted by atomic mass is 32.1. The van der Waals surface area contributed by atoms with E-state index in [1.54, 1.807) is 0 Å². The fourth-order valence-electron chi connectivity index (χ4n) is 1.38. The van der Waals surface area contributed by atoms with Gasteiger partial charge >= 0.3 is 11.8 Å². The molecule has 1 atom stereocenters. The molecule has 1 heterocycles. The van der Waals surface area contributed by atoms with Crippen molar-refractivity contribution in [2.45, 2.75) is 12.5 Å². The number of aliphatic hydroxyl groups is 1. The van der Waals surface area contributed by atoms with E-state index in [-0.39, 0.29) is 6.54 Å². The Morgan fingerprint density at radius 3 is 2.63 bits per heavy atom. The second-order valence-corrected chi connectivity index (χ2v) is 4.65. The van der Waals surface area contributed by atoms with Crippen LogP contribution in [-0.2, 0) is 14.3 Å². The van der Waals surface area contributed by atoms with Crippen LogP contribution in [0.15, 0.2) is 16.8 Å². The van der Waals surface area contributed by atoms with E-state index in [1.165, 1.54) is 18.4 Å². The maximum atomic E-state index is 11.4. The number of carbonyl (C=O) groups excluding carboxylic acids is 2. The SMILES string of the molecule is COCCNC(=O)C(=O)NCCC(O)c1ccsc1. The second-order valence-electron chi connectivity index (χ2n) is 3.87. The van der Waals surface area contributed by atoms with Gasteiger partial charge in [0, 0.05) is 20.2 Å². The molecular weight excluding hydrogens is 268 g/mol. The minimum Gasteiger partial charge on any atom is -0.388 e. The van der Waals surface area contributed by atoms with Crippen molar-refractivity contribution in [3.05, 3.63) is 22.4 Å². The van der Waals surface area contributed by atoms with Crippen LogP contribution in [0.4, 0.5) is 0 Å². The van der Waals surface area contributed by atoms with Crippen molar-refractivity contribution in [1.29, 1.82) is 0 Å². The smallest absolute Gasteiger partial charge is 0.309 e. The summed E-state index contributed by atoms with van der Waals surface area (Å²) < 4.78 is 4.75. The van der Waals surface area contributed by atoms with Crippen LogP contribution in [0.2, 0.25) is 0 Å². The van der Waals surface area contributed by atoms with Crippen LogP contribution in [-0.4, -0.2) is 43.7 Å². The van der Waals surface area contributed by atoms with E-state index in [1.807, 2.05) is 16.8 Å². The summed E-state index contributed by atoms with van der Waals surface area (Å²) in [6, 6.07) is 1.83. The molecule has 0 saturated heterocycles. The van der Waals surface area contributed by atoms with E-state index in [0.29, 0.717) is 19.6 Å². The average molecular weight is 286 g/mol. The molecular formula is C12H18N2O4S. The number of nitrogens with one attached hydrogen (secondary N) is 2. The van der Waals surface area contributed by atoms with Crippen molar-refractivity contribution in [3.8, 4) is 0 Å². The number of aliphatic hydroxyl groups excluding tert-OH is 1. The predicted octanol–water partition coefficient (Wildman–Crippen LogP) is 0.0504. The first-order chi connectivity index (χ1) is 9.15. The molecule has 0 aliphatic carbocycles. The lowest BCUT2D eigenvalue weighted by Gasteiger charge is -2.10. The first kappa shape index (κ1) is 15.6. The Labute approximate surface area is 115 Å². The summed E-state index contributed by atoms with van der Waals surface area (Å²) in [5.41, 5.74) is 0.823. The summed E-state index contributed by atoms with van der Waals surface area (Å²) in [5, 5.41) is 18.4. The highest BCUT2D eigenvalue weighted by Gasteiger charge is 2.13. The molecule has 0 aliphatic rings. The van der Waals surface area contributed by atoms with E-state index in [4.69, 9.17) is 4.74 Å². The van der Waals surface area contributed by atoms with Gasteiger partial charge in [0.15, 0.2) is 0 Å². The van der Waals surface area contributed by atoms with Crippen LogP contribution in [0.25, 0.3) is 0 Å². The van der Waals surface area contributed by atoms with E-state index in [0.717, 1.165) is 5.56 Å². The van der Waals surface area contributed by atoms with Gasteiger partial charge in [-0.3, -0.25) is 9.59 Å². The molecule has 106 valence electrons. The highest BCUT2D eigenvalue weighted by Crippen LogP contribution is 2.18. The second kappa shape index (κ2) is 8.63. The van der Waals surface area contributed by atoms with Gasteiger partial charge in [0.25, 0.3) is 0 Å². The third-order valence-corrected chi connectivity index (χ3v) is 3.13. The molecule has 0 saturated carbocycles. The minimum atomic E-state index is -0.700. The summed E-state index contributed by atoms with van der Waals surface area (Å²) in [6.07, 6.45) is -0.253. The van der Waals surface area contributed by atoms with Gasteiger partial charge in [-0.1, -0.05) is 0 Å². The average Bonchev–Trinajstić information content (AvgIpc) is 2.92. The summed E-state index contributed by atoms with van der Waals surface area (Å²) in [4.78, 5) is 22.6. The molecule has 1 aromatic rings. The molecule has 1 rings (SSSR count). The zero-order chi connectivity index (χ0) is 14.1. The summed E-state index contributed by atoms with van der Waals surface area (Å²) in [5.74, 6) is -1.39. The normalized spacial score (nSPS) is 11.9. The Hall–Kier alpha value is -1.44. The monoisotopic (exact) mass is 286 g/mol. The van der Waals surface area contributed by atoms with Crippen LogP contribution in [0.1, 0.15) is 18.1 Å². The Morgan fingerprint density at radius 2 is 2.05 bits per heavy atom. The van der Waals surface area contributed by atoms with E-state index in [9.17, 15) is 14.7 Å². The van der Waals surface area contributed by atoms with Crippen molar-refractivity contribution in [3.63, 3.8) is 0 Å². The van der Waals surface area contributed by atoms with Gasteiger partial charge < -0.3 is 20.5 Å². The summed E-state index contributed by atoms with van der Waals surface area (Å²) >= 11 is 1.50. The molecule has 19 heavy (non-hydrogen) atoms. The molecule has 2 amide bonds.